The third kappa shape index (κ3) is 4.13. The first-order valence-electron chi connectivity index (χ1n) is 6.01. The van der Waals surface area contributed by atoms with Gasteiger partial charge in [-0.25, -0.2) is 4.68 Å². The first-order valence-corrected chi connectivity index (χ1v) is 6.01. The van der Waals surface area contributed by atoms with Gasteiger partial charge in [0, 0.05) is 20.6 Å². The molecule has 94 valence electrons. The van der Waals surface area contributed by atoms with Crippen molar-refractivity contribution in [1.82, 2.24) is 9.78 Å². The molecular formula is C12H26N4. The highest BCUT2D eigenvalue weighted by atomic mass is 15.4. The topological polar surface area (TPSA) is 47.1 Å². The summed E-state index contributed by atoms with van der Waals surface area (Å²) < 4.78 is 1.97. The summed E-state index contributed by atoms with van der Waals surface area (Å²) >= 11 is 0. The van der Waals surface area contributed by atoms with Crippen LogP contribution in [0.4, 0.5) is 11.5 Å². The fourth-order valence-electron chi connectivity index (χ4n) is 1.43. The largest absolute Gasteiger partial charge is 0.394 e. The summed E-state index contributed by atoms with van der Waals surface area (Å²) in [6.45, 7) is 9.35. The maximum Gasteiger partial charge on any atom is 0.149 e. The molecule has 0 unspecified atom stereocenters. The number of anilines is 2. The Balaban J connectivity index is 0.00000106. The maximum absolute atomic E-state index is 5.82. The molecule has 1 rings (SSSR count). The highest BCUT2D eigenvalue weighted by Gasteiger charge is 2.09. The first-order chi connectivity index (χ1) is 7.52. The van der Waals surface area contributed by atoms with Gasteiger partial charge in [-0.3, -0.25) is 0 Å². The monoisotopic (exact) mass is 226 g/mol. The Morgan fingerprint density at radius 3 is 2.38 bits per heavy atom. The van der Waals surface area contributed by atoms with Gasteiger partial charge in [-0.15, -0.1) is 0 Å². The van der Waals surface area contributed by atoms with Gasteiger partial charge >= 0.3 is 0 Å². The minimum Gasteiger partial charge on any atom is -0.394 e. The Kier molecular flexibility index (Phi) is 6.61. The fourth-order valence-corrected chi connectivity index (χ4v) is 1.43. The van der Waals surface area contributed by atoms with Crippen LogP contribution < -0.4 is 10.6 Å². The van der Waals surface area contributed by atoms with E-state index in [1.54, 1.807) is 6.20 Å². The molecule has 0 bridgehead atoms. The van der Waals surface area contributed by atoms with Crippen LogP contribution in [0.25, 0.3) is 0 Å². The Bertz CT molecular complexity index is 289. The SMILES string of the molecule is CC.CC(C)CCn1ncc(N)c1N(C)C. The van der Waals surface area contributed by atoms with E-state index in [0.717, 1.165) is 24.5 Å². The number of aryl methyl sites for hydroxylation is 1. The average Bonchev–Trinajstić information content (AvgIpc) is 2.59. The van der Waals surface area contributed by atoms with E-state index in [9.17, 15) is 0 Å². The molecule has 0 aliphatic rings. The second kappa shape index (κ2) is 7.14. The summed E-state index contributed by atoms with van der Waals surface area (Å²) in [6, 6.07) is 0. The van der Waals surface area contributed by atoms with Crippen molar-refractivity contribution in [3.05, 3.63) is 6.20 Å². The lowest BCUT2D eigenvalue weighted by Crippen LogP contribution is -2.17. The van der Waals surface area contributed by atoms with Crippen LogP contribution in [-0.4, -0.2) is 23.9 Å². The molecule has 4 heteroatoms. The van der Waals surface area contributed by atoms with Crippen molar-refractivity contribution in [1.29, 1.82) is 0 Å². The van der Waals surface area contributed by atoms with Gasteiger partial charge in [-0.1, -0.05) is 27.7 Å². The molecule has 4 nitrogen and oxygen atoms in total. The van der Waals surface area contributed by atoms with Gasteiger partial charge in [-0.05, 0) is 12.3 Å². The molecule has 0 atom stereocenters. The lowest BCUT2D eigenvalue weighted by atomic mass is 10.1. The third-order valence-electron chi connectivity index (χ3n) is 2.18. The minimum atomic E-state index is 0.690. The zero-order chi connectivity index (χ0) is 12.7. The molecule has 0 fully saturated rings. The highest BCUT2D eigenvalue weighted by Crippen LogP contribution is 2.21. The van der Waals surface area contributed by atoms with Gasteiger partial charge in [0.15, 0.2) is 0 Å². The smallest absolute Gasteiger partial charge is 0.149 e. The van der Waals surface area contributed by atoms with Crippen LogP contribution in [0.15, 0.2) is 6.20 Å². The molecule has 2 N–H and O–H groups in total. The molecule has 0 radical (unpaired) electrons. The number of nitrogens with two attached hydrogens (primary N) is 1. The van der Waals surface area contributed by atoms with Gasteiger partial charge in [0.2, 0.25) is 0 Å². The summed E-state index contributed by atoms with van der Waals surface area (Å²) in [5.41, 5.74) is 6.57. The molecule has 1 heterocycles. The van der Waals surface area contributed by atoms with E-state index in [2.05, 4.69) is 18.9 Å². The van der Waals surface area contributed by atoms with E-state index in [1.165, 1.54) is 0 Å². The zero-order valence-corrected chi connectivity index (χ0v) is 11.5. The third-order valence-corrected chi connectivity index (χ3v) is 2.18. The van der Waals surface area contributed by atoms with E-state index in [0.29, 0.717) is 5.92 Å². The summed E-state index contributed by atoms with van der Waals surface area (Å²) in [5.74, 6) is 1.70. The predicted octanol–water partition coefficient (Wildman–Crippen LogP) is 2.60. The van der Waals surface area contributed by atoms with Crippen molar-refractivity contribution >= 4 is 11.5 Å². The van der Waals surface area contributed by atoms with Crippen LogP contribution in [0.5, 0.6) is 0 Å². The molecular weight excluding hydrogens is 200 g/mol. The number of hydrogen-bond acceptors (Lipinski definition) is 3. The molecule has 0 spiro atoms. The summed E-state index contributed by atoms with van der Waals surface area (Å²) in [5, 5.41) is 4.26. The Morgan fingerprint density at radius 1 is 1.38 bits per heavy atom. The minimum absolute atomic E-state index is 0.690. The number of hydrogen-bond donors (Lipinski definition) is 1. The van der Waals surface area contributed by atoms with Gasteiger partial charge in [0.25, 0.3) is 0 Å². The molecule has 0 aliphatic heterocycles. The molecule has 0 saturated carbocycles. The average molecular weight is 226 g/mol. The van der Waals surface area contributed by atoms with Crippen LogP contribution >= 0.6 is 0 Å². The molecule has 16 heavy (non-hydrogen) atoms. The fraction of sp³-hybridized carbons (Fsp3) is 0.750. The Labute approximate surface area is 99.4 Å². The van der Waals surface area contributed by atoms with Crippen LogP contribution in [0.3, 0.4) is 0 Å². The quantitative estimate of drug-likeness (QED) is 0.858. The number of nitrogens with zero attached hydrogens (tertiary/aromatic N) is 3. The second-order valence-corrected chi connectivity index (χ2v) is 4.22. The normalized spacial score (nSPS) is 9.94. The van der Waals surface area contributed by atoms with Crippen molar-refractivity contribution in [2.75, 3.05) is 24.7 Å². The van der Waals surface area contributed by atoms with Gasteiger partial charge in [0.05, 0.1) is 11.9 Å². The maximum atomic E-state index is 5.82. The van der Waals surface area contributed by atoms with Crippen LogP contribution in [0.1, 0.15) is 34.1 Å². The van der Waals surface area contributed by atoms with Crippen LogP contribution in [0, 0.1) is 5.92 Å². The van der Waals surface area contributed by atoms with E-state index in [-0.39, 0.29) is 0 Å². The van der Waals surface area contributed by atoms with E-state index in [1.807, 2.05) is 37.5 Å². The van der Waals surface area contributed by atoms with Crippen molar-refractivity contribution < 1.29 is 0 Å². The van der Waals surface area contributed by atoms with Crippen molar-refractivity contribution in [2.45, 2.75) is 40.7 Å². The standard InChI is InChI=1S/C10H20N4.C2H6/c1-8(2)5-6-14-10(13(3)4)9(11)7-12-14;1-2/h7-8H,5-6,11H2,1-4H3;1-2H3. The molecule has 0 aromatic carbocycles. The summed E-state index contributed by atoms with van der Waals surface area (Å²) in [6.07, 6.45) is 2.84. The second-order valence-electron chi connectivity index (χ2n) is 4.22. The first kappa shape index (κ1) is 14.8. The number of nitrogen functional groups attached to an aromatic ring is 1. The van der Waals surface area contributed by atoms with E-state index >= 15 is 0 Å². The summed E-state index contributed by atoms with van der Waals surface area (Å²) in [4.78, 5) is 2.00. The van der Waals surface area contributed by atoms with Gasteiger partial charge in [0.1, 0.15) is 5.82 Å². The summed E-state index contributed by atoms with van der Waals surface area (Å²) in [7, 11) is 3.97. The van der Waals surface area contributed by atoms with Crippen LogP contribution in [-0.2, 0) is 6.54 Å². The van der Waals surface area contributed by atoms with Gasteiger partial charge < -0.3 is 10.6 Å². The zero-order valence-electron chi connectivity index (χ0n) is 11.5. The lowest BCUT2D eigenvalue weighted by Gasteiger charge is -2.16. The van der Waals surface area contributed by atoms with E-state index in [4.69, 9.17) is 5.73 Å². The molecule has 1 aromatic rings. The Hall–Kier alpha value is -1.19. The van der Waals surface area contributed by atoms with Crippen molar-refractivity contribution in [2.24, 2.45) is 5.92 Å². The molecule has 1 aromatic heterocycles. The molecule has 0 saturated heterocycles. The lowest BCUT2D eigenvalue weighted by molar-refractivity contribution is 0.488. The number of aromatic nitrogens is 2. The van der Waals surface area contributed by atoms with Crippen molar-refractivity contribution in [3.63, 3.8) is 0 Å². The van der Waals surface area contributed by atoms with E-state index < -0.39 is 0 Å². The highest BCUT2D eigenvalue weighted by molar-refractivity contribution is 5.61. The predicted molar refractivity (Wildman–Crippen MR) is 71.8 cm³/mol. The van der Waals surface area contributed by atoms with Gasteiger partial charge in [-0.2, -0.15) is 5.10 Å². The van der Waals surface area contributed by atoms with Crippen molar-refractivity contribution in [3.8, 4) is 0 Å². The number of rotatable bonds is 4. The Morgan fingerprint density at radius 2 is 1.94 bits per heavy atom. The molecule has 0 amide bonds. The molecule has 0 aliphatic carbocycles. The van der Waals surface area contributed by atoms with Crippen LogP contribution in [0.2, 0.25) is 0 Å².